The molecular formula is C18H21N3O. The van der Waals surface area contributed by atoms with Crippen LogP contribution in [-0.2, 0) is 0 Å². The van der Waals surface area contributed by atoms with E-state index in [4.69, 9.17) is 4.74 Å². The third kappa shape index (κ3) is 2.69. The van der Waals surface area contributed by atoms with Crippen LogP contribution in [0.2, 0.25) is 0 Å². The molecule has 4 nitrogen and oxygen atoms in total. The zero-order chi connectivity index (χ0) is 15.9. The van der Waals surface area contributed by atoms with Crippen LogP contribution < -0.4 is 4.74 Å². The first kappa shape index (κ1) is 14.6. The molecule has 0 aliphatic carbocycles. The number of ether oxygens (including phenoxy) is 1. The predicted molar refractivity (Wildman–Crippen MR) is 88.7 cm³/mol. The van der Waals surface area contributed by atoms with Crippen LogP contribution in [0.4, 0.5) is 0 Å². The van der Waals surface area contributed by atoms with Crippen LogP contribution in [-0.4, -0.2) is 20.1 Å². The average molecular weight is 295 g/mol. The molecule has 0 aliphatic heterocycles. The van der Waals surface area contributed by atoms with Gasteiger partial charge in [0, 0.05) is 6.20 Å². The zero-order valence-corrected chi connectivity index (χ0v) is 13.7. The molecule has 22 heavy (non-hydrogen) atoms. The molecule has 0 atom stereocenters. The largest absolute Gasteiger partial charge is 0.488 e. The second-order valence-corrected chi connectivity index (χ2v) is 6.52. The fourth-order valence-corrected chi connectivity index (χ4v) is 2.65. The molecule has 0 fully saturated rings. The summed E-state index contributed by atoms with van der Waals surface area (Å²) < 4.78 is 8.10. The number of rotatable bonds is 2. The summed E-state index contributed by atoms with van der Waals surface area (Å²) in [5, 5.41) is 0. The fraction of sp³-hybridized carbons (Fsp3) is 0.333. The first-order valence-electron chi connectivity index (χ1n) is 7.44. The lowest BCUT2D eigenvalue weighted by molar-refractivity contribution is 0.131. The highest BCUT2D eigenvalue weighted by Crippen LogP contribution is 2.27. The molecule has 0 unspecified atom stereocenters. The molecule has 0 radical (unpaired) electrons. The number of benzene rings is 1. The maximum atomic E-state index is 5.94. The molecule has 0 amide bonds. The Morgan fingerprint density at radius 2 is 1.86 bits per heavy atom. The molecule has 0 saturated heterocycles. The van der Waals surface area contributed by atoms with Gasteiger partial charge in [-0.3, -0.25) is 9.55 Å². The number of aromatic nitrogens is 3. The van der Waals surface area contributed by atoms with E-state index >= 15 is 0 Å². The van der Waals surface area contributed by atoms with Gasteiger partial charge in [-0.2, -0.15) is 0 Å². The van der Waals surface area contributed by atoms with Crippen LogP contribution in [0.25, 0.3) is 16.7 Å². The lowest BCUT2D eigenvalue weighted by atomic mass is 10.1. The summed E-state index contributed by atoms with van der Waals surface area (Å²) in [6.07, 6.45) is 3.59. The molecule has 3 aromatic rings. The van der Waals surface area contributed by atoms with Gasteiger partial charge < -0.3 is 4.74 Å². The molecule has 3 rings (SSSR count). The normalized spacial score (nSPS) is 11.9. The fourth-order valence-electron chi connectivity index (χ4n) is 2.65. The number of hydrogen-bond acceptors (Lipinski definition) is 3. The minimum Gasteiger partial charge on any atom is -0.488 e. The van der Waals surface area contributed by atoms with E-state index in [2.05, 4.69) is 54.4 Å². The van der Waals surface area contributed by atoms with Gasteiger partial charge in [0.2, 0.25) is 0 Å². The second-order valence-electron chi connectivity index (χ2n) is 6.52. The van der Waals surface area contributed by atoms with Gasteiger partial charge in [-0.05, 0) is 64.4 Å². The van der Waals surface area contributed by atoms with Crippen molar-refractivity contribution < 1.29 is 4.74 Å². The van der Waals surface area contributed by atoms with Gasteiger partial charge in [0.05, 0.1) is 17.4 Å². The number of nitrogens with zero attached hydrogens (tertiary/aromatic N) is 3. The van der Waals surface area contributed by atoms with E-state index in [9.17, 15) is 0 Å². The van der Waals surface area contributed by atoms with Crippen molar-refractivity contribution in [3.05, 3.63) is 48.0 Å². The Hall–Kier alpha value is -2.36. The van der Waals surface area contributed by atoms with Crippen molar-refractivity contribution in [1.29, 1.82) is 0 Å². The number of pyridine rings is 1. The third-order valence-corrected chi connectivity index (χ3v) is 3.46. The Morgan fingerprint density at radius 1 is 1.09 bits per heavy atom. The van der Waals surface area contributed by atoms with Crippen LogP contribution in [0.1, 0.15) is 32.2 Å². The van der Waals surface area contributed by atoms with Crippen molar-refractivity contribution in [2.75, 3.05) is 0 Å². The maximum absolute atomic E-state index is 5.94. The van der Waals surface area contributed by atoms with Crippen LogP contribution in [0.15, 0.2) is 36.7 Å². The zero-order valence-electron chi connectivity index (χ0n) is 13.7. The van der Waals surface area contributed by atoms with Crippen molar-refractivity contribution in [3.8, 4) is 11.4 Å². The maximum Gasteiger partial charge on any atom is 0.120 e. The monoisotopic (exact) mass is 295 g/mol. The summed E-state index contributed by atoms with van der Waals surface area (Å²) in [5.74, 6) is 1.84. The van der Waals surface area contributed by atoms with Crippen LogP contribution >= 0.6 is 0 Å². The van der Waals surface area contributed by atoms with Crippen LogP contribution in [0.3, 0.4) is 0 Å². The summed E-state index contributed by atoms with van der Waals surface area (Å²) in [4.78, 5) is 8.72. The van der Waals surface area contributed by atoms with Crippen molar-refractivity contribution in [1.82, 2.24) is 14.5 Å². The van der Waals surface area contributed by atoms with Gasteiger partial charge in [-0.25, -0.2) is 4.98 Å². The Balaban J connectivity index is 2.10. The van der Waals surface area contributed by atoms with E-state index in [1.54, 1.807) is 12.4 Å². The van der Waals surface area contributed by atoms with Gasteiger partial charge in [0.1, 0.15) is 22.7 Å². The molecular weight excluding hydrogens is 274 g/mol. The van der Waals surface area contributed by atoms with Gasteiger partial charge >= 0.3 is 0 Å². The minimum atomic E-state index is -0.197. The molecule has 114 valence electrons. The quantitative estimate of drug-likeness (QED) is 0.711. The standard InChI is InChI=1S/C18H21N3O/c1-12-10-14(22-18(3,4)5)6-7-16(12)21-13(2)20-15-11-19-9-8-17(15)21/h6-11H,1-5H3. The van der Waals surface area contributed by atoms with Crippen LogP contribution in [0, 0.1) is 13.8 Å². The Morgan fingerprint density at radius 3 is 2.55 bits per heavy atom. The third-order valence-electron chi connectivity index (χ3n) is 3.46. The topological polar surface area (TPSA) is 39.9 Å². The van der Waals surface area contributed by atoms with Gasteiger partial charge in [0.25, 0.3) is 0 Å². The molecule has 0 saturated carbocycles. The van der Waals surface area contributed by atoms with Gasteiger partial charge in [0.15, 0.2) is 0 Å². The highest BCUT2D eigenvalue weighted by atomic mass is 16.5. The Bertz CT molecular complexity index is 828. The average Bonchev–Trinajstić information content (AvgIpc) is 2.73. The highest BCUT2D eigenvalue weighted by molar-refractivity contribution is 5.77. The molecule has 0 aliphatic rings. The van der Waals surface area contributed by atoms with E-state index < -0.39 is 0 Å². The molecule has 2 aromatic heterocycles. The van der Waals surface area contributed by atoms with Crippen molar-refractivity contribution in [3.63, 3.8) is 0 Å². The SMILES string of the molecule is Cc1cc(OC(C)(C)C)ccc1-n1c(C)nc2cnccc21. The van der Waals surface area contributed by atoms with E-state index in [1.807, 2.05) is 19.1 Å². The van der Waals surface area contributed by atoms with E-state index in [1.165, 1.54) is 0 Å². The minimum absolute atomic E-state index is 0.197. The number of hydrogen-bond donors (Lipinski definition) is 0. The summed E-state index contributed by atoms with van der Waals surface area (Å²) in [6.45, 7) is 10.3. The smallest absolute Gasteiger partial charge is 0.120 e. The molecule has 2 heterocycles. The first-order chi connectivity index (χ1) is 10.3. The summed E-state index contributed by atoms with van der Waals surface area (Å²) in [7, 11) is 0. The van der Waals surface area contributed by atoms with Crippen molar-refractivity contribution in [2.45, 2.75) is 40.2 Å². The summed E-state index contributed by atoms with van der Waals surface area (Å²) in [6, 6.07) is 8.17. The highest BCUT2D eigenvalue weighted by Gasteiger charge is 2.14. The Kier molecular flexibility index (Phi) is 3.39. The molecule has 0 spiro atoms. The second kappa shape index (κ2) is 5.13. The van der Waals surface area contributed by atoms with E-state index in [0.717, 1.165) is 33.9 Å². The van der Waals surface area contributed by atoms with Crippen LogP contribution in [0.5, 0.6) is 5.75 Å². The lowest BCUT2D eigenvalue weighted by Gasteiger charge is -2.22. The van der Waals surface area contributed by atoms with Gasteiger partial charge in [-0.1, -0.05) is 0 Å². The number of fused-ring (bicyclic) bond motifs is 1. The lowest BCUT2D eigenvalue weighted by Crippen LogP contribution is -2.23. The number of imidazole rings is 1. The molecule has 4 heteroatoms. The number of aryl methyl sites for hydroxylation is 2. The Labute approximate surface area is 130 Å². The van der Waals surface area contributed by atoms with E-state index in [-0.39, 0.29) is 5.60 Å². The van der Waals surface area contributed by atoms with Crippen molar-refractivity contribution >= 4 is 11.0 Å². The van der Waals surface area contributed by atoms with Gasteiger partial charge in [-0.15, -0.1) is 0 Å². The summed E-state index contributed by atoms with van der Waals surface area (Å²) >= 11 is 0. The molecule has 0 bridgehead atoms. The molecule has 1 aromatic carbocycles. The first-order valence-corrected chi connectivity index (χ1v) is 7.44. The molecule has 0 N–H and O–H groups in total. The summed E-state index contributed by atoms with van der Waals surface area (Å²) in [5.41, 5.74) is 4.06. The van der Waals surface area contributed by atoms with E-state index in [0.29, 0.717) is 0 Å². The predicted octanol–water partition coefficient (Wildman–Crippen LogP) is 4.21. The van der Waals surface area contributed by atoms with Crippen molar-refractivity contribution in [2.24, 2.45) is 0 Å².